The summed E-state index contributed by atoms with van der Waals surface area (Å²) in [4.78, 5) is 9.39. The number of piperazine rings is 1. The normalized spacial score (nSPS) is 20.1. The summed E-state index contributed by atoms with van der Waals surface area (Å²) in [5.41, 5.74) is 3.49. The number of hydrogen-bond acceptors (Lipinski definition) is 7. The van der Waals surface area contributed by atoms with Crippen molar-refractivity contribution in [3.8, 4) is 11.6 Å². The molecule has 0 bridgehead atoms. The number of nitrogens with one attached hydrogen (secondary N) is 1. The van der Waals surface area contributed by atoms with Gasteiger partial charge in [0, 0.05) is 57.1 Å². The largest absolute Gasteiger partial charge is 0.491 e. The summed E-state index contributed by atoms with van der Waals surface area (Å²) in [7, 11) is 1.68. The molecule has 2 saturated heterocycles. The van der Waals surface area contributed by atoms with Gasteiger partial charge in [-0.3, -0.25) is 4.90 Å². The first kappa shape index (κ1) is 21.9. The van der Waals surface area contributed by atoms with E-state index in [2.05, 4.69) is 58.2 Å². The second kappa shape index (κ2) is 10.3. The van der Waals surface area contributed by atoms with Crippen molar-refractivity contribution in [3.05, 3.63) is 47.7 Å². The van der Waals surface area contributed by atoms with Gasteiger partial charge in [0.15, 0.2) is 0 Å². The zero-order valence-electron chi connectivity index (χ0n) is 18.8. The highest BCUT2D eigenvalue weighted by molar-refractivity contribution is 5.56. The van der Waals surface area contributed by atoms with Crippen molar-refractivity contribution in [2.75, 3.05) is 57.9 Å². The lowest BCUT2D eigenvalue weighted by Crippen LogP contribution is -2.45. The number of anilines is 1. The molecule has 2 aliphatic rings. The van der Waals surface area contributed by atoms with Crippen LogP contribution in [-0.4, -0.2) is 69.0 Å². The summed E-state index contributed by atoms with van der Waals surface area (Å²) >= 11 is 0. The van der Waals surface area contributed by atoms with E-state index in [0.717, 1.165) is 63.9 Å². The van der Waals surface area contributed by atoms with Crippen molar-refractivity contribution >= 4 is 5.69 Å². The molecule has 1 aromatic heterocycles. The van der Waals surface area contributed by atoms with Gasteiger partial charge in [0.1, 0.15) is 11.4 Å². The third kappa shape index (κ3) is 5.47. The molecule has 0 aliphatic carbocycles. The Morgan fingerprint density at radius 1 is 1.19 bits per heavy atom. The van der Waals surface area contributed by atoms with Crippen LogP contribution in [0.1, 0.15) is 31.0 Å². The molecule has 168 valence electrons. The van der Waals surface area contributed by atoms with Crippen LogP contribution < -0.4 is 19.7 Å². The number of methoxy groups -OCH3 is 1. The molecular weight excluding hydrogens is 392 g/mol. The molecule has 2 fully saturated rings. The van der Waals surface area contributed by atoms with Gasteiger partial charge in [-0.2, -0.15) is 0 Å². The second-order valence-corrected chi connectivity index (χ2v) is 8.42. The van der Waals surface area contributed by atoms with Crippen molar-refractivity contribution < 1.29 is 14.2 Å². The minimum absolute atomic E-state index is 0.157. The summed E-state index contributed by atoms with van der Waals surface area (Å²) in [6.45, 7) is 11.1. The first-order valence-corrected chi connectivity index (χ1v) is 11.2. The monoisotopic (exact) mass is 426 g/mol. The van der Waals surface area contributed by atoms with Crippen LogP contribution in [-0.2, 0) is 11.3 Å². The Morgan fingerprint density at radius 2 is 2.00 bits per heavy atom. The Hall–Kier alpha value is -2.35. The lowest BCUT2D eigenvalue weighted by molar-refractivity contribution is 0.122. The van der Waals surface area contributed by atoms with Crippen LogP contribution >= 0.6 is 0 Å². The number of hydrogen-bond donors (Lipinski definition) is 1. The molecule has 2 aromatic rings. The SMILES string of the molecule is COc1ncc(CN2CCN[C@@H](c3ccccc3OC(C)C)C2)cc1N1CCOCC1. The number of pyridine rings is 1. The fourth-order valence-corrected chi connectivity index (χ4v) is 4.31. The van der Waals surface area contributed by atoms with Crippen LogP contribution in [0.4, 0.5) is 5.69 Å². The van der Waals surface area contributed by atoms with Gasteiger partial charge in [0.05, 0.1) is 26.4 Å². The highest BCUT2D eigenvalue weighted by atomic mass is 16.5. The van der Waals surface area contributed by atoms with Crippen LogP contribution in [0.5, 0.6) is 11.6 Å². The number of para-hydroxylation sites is 1. The molecule has 1 N–H and O–H groups in total. The zero-order chi connectivity index (χ0) is 21.6. The van der Waals surface area contributed by atoms with Crippen LogP contribution in [0.15, 0.2) is 36.5 Å². The van der Waals surface area contributed by atoms with Gasteiger partial charge >= 0.3 is 0 Å². The summed E-state index contributed by atoms with van der Waals surface area (Å²) in [6.07, 6.45) is 2.10. The summed E-state index contributed by atoms with van der Waals surface area (Å²) < 4.78 is 17.1. The number of aromatic nitrogens is 1. The summed E-state index contributed by atoms with van der Waals surface area (Å²) in [5, 5.41) is 3.67. The highest BCUT2D eigenvalue weighted by Crippen LogP contribution is 2.30. The molecule has 0 unspecified atom stereocenters. The molecule has 0 radical (unpaired) electrons. The summed E-state index contributed by atoms with van der Waals surface area (Å²) in [5.74, 6) is 1.65. The van der Waals surface area contributed by atoms with Gasteiger partial charge in [-0.1, -0.05) is 18.2 Å². The molecule has 7 heteroatoms. The van der Waals surface area contributed by atoms with E-state index in [9.17, 15) is 0 Å². The first-order valence-electron chi connectivity index (χ1n) is 11.2. The van der Waals surface area contributed by atoms with Crippen molar-refractivity contribution in [2.24, 2.45) is 0 Å². The fraction of sp³-hybridized carbons (Fsp3) is 0.542. The Kier molecular flexibility index (Phi) is 7.27. The van der Waals surface area contributed by atoms with Crippen molar-refractivity contribution in [3.63, 3.8) is 0 Å². The van der Waals surface area contributed by atoms with E-state index in [1.807, 2.05) is 12.3 Å². The number of ether oxygens (including phenoxy) is 3. The standard InChI is InChI=1S/C24H34N4O3/c1-18(2)31-23-7-5-4-6-20(23)21-17-27(9-8-25-21)16-19-14-22(24(29-3)26-15-19)28-10-12-30-13-11-28/h4-7,14-15,18,21,25H,8-13,16-17H2,1-3H3/t21-/m1/s1. The van der Waals surface area contributed by atoms with Gasteiger partial charge in [-0.25, -0.2) is 4.98 Å². The molecular formula is C24H34N4O3. The summed E-state index contributed by atoms with van der Waals surface area (Å²) in [6, 6.07) is 10.8. The van der Waals surface area contributed by atoms with E-state index in [-0.39, 0.29) is 12.1 Å². The third-order valence-corrected chi connectivity index (χ3v) is 5.76. The third-order valence-electron chi connectivity index (χ3n) is 5.76. The number of rotatable bonds is 7. The van der Waals surface area contributed by atoms with Gasteiger partial charge < -0.3 is 24.4 Å². The molecule has 1 atom stereocenters. The van der Waals surface area contributed by atoms with Crippen molar-refractivity contribution in [2.45, 2.75) is 32.5 Å². The zero-order valence-corrected chi connectivity index (χ0v) is 18.8. The maximum Gasteiger partial charge on any atom is 0.237 e. The highest BCUT2D eigenvalue weighted by Gasteiger charge is 2.24. The Labute approximate surface area is 185 Å². The molecule has 1 aromatic carbocycles. The van der Waals surface area contributed by atoms with Crippen LogP contribution in [0, 0.1) is 0 Å². The topological polar surface area (TPSA) is 59.1 Å². The first-order chi connectivity index (χ1) is 15.1. The predicted octanol–water partition coefficient (Wildman–Crippen LogP) is 2.86. The number of nitrogens with zero attached hydrogens (tertiary/aromatic N) is 3. The number of benzene rings is 1. The lowest BCUT2D eigenvalue weighted by atomic mass is 10.0. The predicted molar refractivity (Wildman–Crippen MR) is 122 cm³/mol. The Balaban J connectivity index is 1.48. The van der Waals surface area contributed by atoms with Crippen LogP contribution in [0.25, 0.3) is 0 Å². The van der Waals surface area contributed by atoms with Gasteiger partial charge in [-0.15, -0.1) is 0 Å². The fourth-order valence-electron chi connectivity index (χ4n) is 4.31. The van der Waals surface area contributed by atoms with E-state index < -0.39 is 0 Å². The molecule has 0 saturated carbocycles. The quantitative estimate of drug-likeness (QED) is 0.731. The van der Waals surface area contributed by atoms with E-state index in [0.29, 0.717) is 5.88 Å². The molecule has 0 amide bonds. The minimum atomic E-state index is 0.157. The average molecular weight is 427 g/mol. The molecule has 7 nitrogen and oxygen atoms in total. The van der Waals surface area contributed by atoms with Gasteiger partial charge in [-0.05, 0) is 31.5 Å². The lowest BCUT2D eigenvalue weighted by Gasteiger charge is -2.35. The van der Waals surface area contributed by atoms with E-state index >= 15 is 0 Å². The van der Waals surface area contributed by atoms with E-state index in [4.69, 9.17) is 14.2 Å². The molecule has 2 aliphatic heterocycles. The van der Waals surface area contributed by atoms with Crippen molar-refractivity contribution in [1.29, 1.82) is 0 Å². The van der Waals surface area contributed by atoms with Gasteiger partial charge in [0.25, 0.3) is 0 Å². The maximum atomic E-state index is 6.06. The average Bonchev–Trinajstić information content (AvgIpc) is 2.80. The van der Waals surface area contributed by atoms with Crippen LogP contribution in [0.2, 0.25) is 0 Å². The van der Waals surface area contributed by atoms with E-state index in [1.54, 1.807) is 7.11 Å². The molecule has 0 spiro atoms. The Morgan fingerprint density at radius 3 is 2.77 bits per heavy atom. The smallest absolute Gasteiger partial charge is 0.237 e. The minimum Gasteiger partial charge on any atom is -0.491 e. The second-order valence-electron chi connectivity index (χ2n) is 8.42. The number of morpholine rings is 1. The maximum absolute atomic E-state index is 6.06. The van der Waals surface area contributed by atoms with Crippen LogP contribution in [0.3, 0.4) is 0 Å². The van der Waals surface area contributed by atoms with Crippen molar-refractivity contribution in [1.82, 2.24) is 15.2 Å². The van der Waals surface area contributed by atoms with E-state index in [1.165, 1.54) is 11.1 Å². The molecule has 31 heavy (non-hydrogen) atoms. The molecule has 4 rings (SSSR count). The van der Waals surface area contributed by atoms with Gasteiger partial charge in [0.2, 0.25) is 5.88 Å². The Bertz CT molecular complexity index is 854. The molecule has 3 heterocycles.